The first-order valence-corrected chi connectivity index (χ1v) is 9.15. The summed E-state index contributed by atoms with van der Waals surface area (Å²) in [6.07, 6.45) is 0. The third kappa shape index (κ3) is 3.95. The van der Waals surface area contributed by atoms with Crippen molar-refractivity contribution < 1.29 is 26.4 Å². The number of rotatable bonds is 4. The highest BCUT2D eigenvalue weighted by Crippen LogP contribution is 2.30. The number of nitriles is 1. The van der Waals surface area contributed by atoms with E-state index in [0.29, 0.717) is 17.7 Å². The Labute approximate surface area is 153 Å². The monoisotopic (exact) mass is 400 g/mol. The highest BCUT2D eigenvalue weighted by atomic mass is 32.2. The van der Waals surface area contributed by atoms with E-state index in [1.165, 1.54) is 4.90 Å². The van der Waals surface area contributed by atoms with E-state index < -0.39 is 26.1 Å². The van der Waals surface area contributed by atoms with Crippen LogP contribution in [0.2, 0.25) is 0 Å². The fourth-order valence-electron chi connectivity index (χ4n) is 2.30. The van der Waals surface area contributed by atoms with Crippen LogP contribution in [0.15, 0.2) is 45.4 Å². The van der Waals surface area contributed by atoms with Gasteiger partial charge in [-0.3, -0.25) is 10.2 Å². The maximum Gasteiger partial charge on any atom is 0.501 e. The van der Waals surface area contributed by atoms with Gasteiger partial charge < -0.3 is 4.90 Å². The molecular formula is C16H15F3N4O3S. The average Bonchev–Trinajstić information content (AvgIpc) is 2.61. The molecule has 1 aliphatic rings. The molecule has 1 N–H and O–H groups in total. The van der Waals surface area contributed by atoms with Crippen LogP contribution in [0.3, 0.4) is 0 Å². The third-order valence-electron chi connectivity index (χ3n) is 3.93. The van der Waals surface area contributed by atoms with Crippen LogP contribution < -0.4 is 5.43 Å². The molecule has 0 saturated heterocycles. The molecule has 0 bridgehead atoms. The lowest BCUT2D eigenvalue weighted by molar-refractivity contribution is -0.123. The van der Waals surface area contributed by atoms with E-state index in [2.05, 4.69) is 10.5 Å². The van der Waals surface area contributed by atoms with Crippen molar-refractivity contribution in [3.63, 3.8) is 0 Å². The summed E-state index contributed by atoms with van der Waals surface area (Å²) in [5.74, 6) is -0.391. The maximum atomic E-state index is 12.5. The standard InChI is InChI=1S/C16H15F3N4O3S/c1-3-23-9-11(8-20)10(2)14(15(23)24)22-21-12-4-6-13(7-5-12)27(25,26)16(17,18)19/h4-7,21H,3,9H2,1-2H3/b22-14+. The number of nitrogens with zero attached hydrogens (tertiary/aromatic N) is 3. The number of halogens is 3. The summed E-state index contributed by atoms with van der Waals surface area (Å²) >= 11 is 0. The molecule has 0 saturated carbocycles. The van der Waals surface area contributed by atoms with E-state index in [1.807, 2.05) is 6.07 Å². The quantitative estimate of drug-likeness (QED) is 0.782. The third-order valence-corrected chi connectivity index (χ3v) is 5.43. The van der Waals surface area contributed by atoms with Crippen molar-refractivity contribution in [2.75, 3.05) is 18.5 Å². The SMILES string of the molecule is CCN1CC(C#N)=C(C)/C(=N\Nc2ccc(S(=O)(=O)C(F)(F)F)cc2)C1=O. The van der Waals surface area contributed by atoms with Crippen molar-refractivity contribution in [1.82, 2.24) is 4.90 Å². The van der Waals surface area contributed by atoms with Crippen LogP contribution in [0.25, 0.3) is 0 Å². The number of hydrazone groups is 1. The molecular weight excluding hydrogens is 385 g/mol. The molecule has 0 aromatic heterocycles. The minimum Gasteiger partial charge on any atom is -0.332 e. The van der Waals surface area contributed by atoms with E-state index in [9.17, 15) is 26.4 Å². The molecule has 144 valence electrons. The number of likely N-dealkylation sites (N-methyl/N-ethyl adjacent to an activating group) is 1. The molecule has 7 nitrogen and oxygen atoms in total. The fraction of sp³-hybridized carbons (Fsp3) is 0.312. The first-order valence-electron chi connectivity index (χ1n) is 7.67. The highest BCUT2D eigenvalue weighted by molar-refractivity contribution is 7.92. The number of nitrogens with one attached hydrogen (secondary N) is 1. The summed E-state index contributed by atoms with van der Waals surface area (Å²) < 4.78 is 60.3. The summed E-state index contributed by atoms with van der Waals surface area (Å²) in [7, 11) is -5.44. The van der Waals surface area contributed by atoms with Gasteiger partial charge in [-0.25, -0.2) is 8.42 Å². The zero-order valence-electron chi connectivity index (χ0n) is 14.3. The number of sulfone groups is 1. The number of benzene rings is 1. The second kappa shape index (κ2) is 7.40. The van der Waals surface area contributed by atoms with E-state index in [0.717, 1.165) is 24.3 Å². The molecule has 1 aromatic carbocycles. The Bertz CT molecular complexity index is 958. The predicted octanol–water partition coefficient (Wildman–Crippen LogP) is 2.45. The van der Waals surface area contributed by atoms with Gasteiger partial charge in [0.1, 0.15) is 0 Å². The summed E-state index contributed by atoms with van der Waals surface area (Å²) in [6.45, 7) is 3.88. The van der Waals surface area contributed by atoms with E-state index in [1.54, 1.807) is 13.8 Å². The molecule has 0 unspecified atom stereocenters. The van der Waals surface area contributed by atoms with Crippen molar-refractivity contribution in [3.05, 3.63) is 35.4 Å². The van der Waals surface area contributed by atoms with Gasteiger partial charge >= 0.3 is 5.51 Å². The maximum absolute atomic E-state index is 12.5. The normalized spacial score (nSPS) is 17.3. The first kappa shape index (κ1) is 20.4. The molecule has 1 amide bonds. The van der Waals surface area contributed by atoms with Gasteiger partial charge in [0.05, 0.1) is 28.8 Å². The van der Waals surface area contributed by atoms with E-state index >= 15 is 0 Å². The van der Waals surface area contributed by atoms with E-state index in [-0.39, 0.29) is 17.9 Å². The number of hydrogen-bond acceptors (Lipinski definition) is 6. The molecule has 0 fully saturated rings. The van der Waals surface area contributed by atoms with Crippen LogP contribution in [-0.2, 0) is 14.6 Å². The Hall–Kier alpha value is -2.87. The minimum absolute atomic E-state index is 0.00615. The van der Waals surface area contributed by atoms with Crippen LogP contribution in [0, 0.1) is 11.3 Å². The zero-order valence-corrected chi connectivity index (χ0v) is 15.1. The Balaban J connectivity index is 2.30. The number of hydrogen-bond donors (Lipinski definition) is 1. The Kier molecular flexibility index (Phi) is 5.60. The molecule has 0 spiro atoms. The zero-order chi connectivity index (χ0) is 20.4. The Morgan fingerprint density at radius 3 is 2.37 bits per heavy atom. The average molecular weight is 400 g/mol. The Morgan fingerprint density at radius 2 is 1.89 bits per heavy atom. The fourth-order valence-corrected chi connectivity index (χ4v) is 3.06. The van der Waals surface area contributed by atoms with Crippen molar-refractivity contribution >= 4 is 27.1 Å². The molecule has 1 heterocycles. The largest absolute Gasteiger partial charge is 0.501 e. The number of amides is 1. The van der Waals surface area contributed by atoms with Gasteiger partial charge in [-0.1, -0.05) is 0 Å². The molecule has 0 atom stereocenters. The van der Waals surface area contributed by atoms with Crippen molar-refractivity contribution in [2.45, 2.75) is 24.3 Å². The van der Waals surface area contributed by atoms with Crippen molar-refractivity contribution in [2.24, 2.45) is 5.10 Å². The number of anilines is 1. The van der Waals surface area contributed by atoms with Crippen molar-refractivity contribution in [3.8, 4) is 6.07 Å². The first-order chi connectivity index (χ1) is 12.5. The van der Waals surface area contributed by atoms with Gasteiger partial charge in [-0.05, 0) is 43.7 Å². The number of carbonyl (C=O) groups is 1. The van der Waals surface area contributed by atoms with Gasteiger partial charge in [0.25, 0.3) is 15.7 Å². The second-order valence-electron chi connectivity index (χ2n) is 5.58. The summed E-state index contributed by atoms with van der Waals surface area (Å²) in [6, 6.07) is 5.77. The summed E-state index contributed by atoms with van der Waals surface area (Å²) in [5, 5.41) is 13.1. The molecule has 2 rings (SSSR count). The highest BCUT2D eigenvalue weighted by Gasteiger charge is 2.46. The molecule has 1 aromatic rings. The van der Waals surface area contributed by atoms with Crippen LogP contribution in [0.5, 0.6) is 0 Å². The second-order valence-corrected chi connectivity index (χ2v) is 7.52. The molecule has 11 heteroatoms. The lowest BCUT2D eigenvalue weighted by Gasteiger charge is -2.27. The minimum atomic E-state index is -5.44. The van der Waals surface area contributed by atoms with Gasteiger partial charge in [0, 0.05) is 6.54 Å². The van der Waals surface area contributed by atoms with Crippen LogP contribution in [-0.4, -0.2) is 43.5 Å². The topological polar surface area (TPSA) is 103 Å². The van der Waals surface area contributed by atoms with Gasteiger partial charge in [-0.2, -0.15) is 23.5 Å². The van der Waals surface area contributed by atoms with Gasteiger partial charge in [0.15, 0.2) is 5.71 Å². The van der Waals surface area contributed by atoms with Gasteiger partial charge in [-0.15, -0.1) is 0 Å². The molecule has 0 radical (unpaired) electrons. The van der Waals surface area contributed by atoms with Crippen LogP contribution in [0.1, 0.15) is 13.8 Å². The van der Waals surface area contributed by atoms with Crippen molar-refractivity contribution in [1.29, 1.82) is 5.26 Å². The number of alkyl halides is 3. The Morgan fingerprint density at radius 1 is 1.30 bits per heavy atom. The van der Waals surface area contributed by atoms with Gasteiger partial charge in [0.2, 0.25) is 0 Å². The summed E-state index contributed by atoms with van der Waals surface area (Å²) in [4.78, 5) is 12.9. The smallest absolute Gasteiger partial charge is 0.332 e. The molecule has 27 heavy (non-hydrogen) atoms. The van der Waals surface area contributed by atoms with Crippen LogP contribution in [0.4, 0.5) is 18.9 Å². The number of carbonyl (C=O) groups excluding carboxylic acids is 1. The lowest BCUT2D eigenvalue weighted by Crippen LogP contribution is -2.42. The summed E-state index contributed by atoms with van der Waals surface area (Å²) in [5.41, 5.74) is -1.93. The predicted molar refractivity (Wildman–Crippen MR) is 91.3 cm³/mol. The van der Waals surface area contributed by atoms with E-state index in [4.69, 9.17) is 5.26 Å². The lowest BCUT2D eigenvalue weighted by atomic mass is 10.00. The molecule has 1 aliphatic heterocycles. The molecule has 0 aliphatic carbocycles. The van der Waals surface area contributed by atoms with Crippen LogP contribution >= 0.6 is 0 Å².